The van der Waals surface area contributed by atoms with Crippen LogP contribution in [0, 0.1) is 3.57 Å². The molecule has 0 saturated heterocycles. The van der Waals surface area contributed by atoms with E-state index in [1.54, 1.807) is 12.1 Å². The van der Waals surface area contributed by atoms with Crippen LogP contribution in [0.1, 0.15) is 53.9 Å². The van der Waals surface area contributed by atoms with Crippen molar-refractivity contribution in [3.8, 4) is 11.5 Å². The third kappa shape index (κ3) is 4.61. The Bertz CT molecular complexity index is 964. The van der Waals surface area contributed by atoms with Gasteiger partial charge in [0.05, 0.1) is 14.0 Å². The van der Waals surface area contributed by atoms with Crippen LogP contribution in [0.5, 0.6) is 11.5 Å². The molecule has 2 aromatic carbocycles. The zero-order chi connectivity index (χ0) is 19.6. The van der Waals surface area contributed by atoms with Gasteiger partial charge in [0.2, 0.25) is 0 Å². The predicted octanol–water partition coefficient (Wildman–Crippen LogP) is 4.17. The molecule has 3 rings (SSSR count). The van der Waals surface area contributed by atoms with Crippen LogP contribution in [0.15, 0.2) is 41.3 Å². The maximum atomic E-state index is 12.5. The van der Waals surface area contributed by atoms with E-state index < -0.39 is 16.1 Å². The van der Waals surface area contributed by atoms with Crippen LogP contribution in [-0.2, 0) is 10.1 Å². The highest BCUT2D eigenvalue weighted by Gasteiger charge is 2.23. The molecule has 0 atom stereocenters. The molecular weight excluding hydrogens is 483 g/mol. The van der Waals surface area contributed by atoms with Gasteiger partial charge in [-0.1, -0.05) is 25.3 Å². The maximum Gasteiger partial charge on any atom is 0.343 e. The second-order valence-corrected chi connectivity index (χ2v) is 9.03. The van der Waals surface area contributed by atoms with Gasteiger partial charge >= 0.3 is 5.97 Å². The van der Waals surface area contributed by atoms with E-state index in [0.717, 1.165) is 32.1 Å². The molecule has 0 spiro atoms. The number of halogens is 1. The molecule has 0 bridgehead atoms. The van der Waals surface area contributed by atoms with Crippen molar-refractivity contribution in [2.24, 2.45) is 0 Å². The van der Waals surface area contributed by atoms with E-state index in [4.69, 9.17) is 4.74 Å². The molecule has 27 heavy (non-hydrogen) atoms. The van der Waals surface area contributed by atoms with Gasteiger partial charge in [-0.05, 0) is 77.2 Å². The molecule has 1 aliphatic carbocycles. The first-order chi connectivity index (χ1) is 12.8. The highest BCUT2D eigenvalue weighted by Crippen LogP contribution is 2.37. The van der Waals surface area contributed by atoms with E-state index in [0.29, 0.717) is 9.13 Å². The lowest BCUT2D eigenvalue weighted by atomic mass is 9.83. The number of hydrogen-bond acceptors (Lipinski definition) is 6. The molecule has 6 nitrogen and oxygen atoms in total. The summed E-state index contributed by atoms with van der Waals surface area (Å²) in [7, 11) is -4.64. The highest BCUT2D eigenvalue weighted by atomic mass is 127. The Labute approximate surface area is 171 Å². The van der Waals surface area contributed by atoms with Crippen molar-refractivity contribution in [3.05, 3.63) is 51.1 Å². The number of carbonyl (C=O) groups excluding carboxylic acids is 1. The average Bonchev–Trinajstić information content (AvgIpc) is 2.65. The number of phenols is 1. The fourth-order valence-electron chi connectivity index (χ4n) is 3.37. The largest absolute Gasteiger partial charge is 0.744 e. The summed E-state index contributed by atoms with van der Waals surface area (Å²) in [5.74, 6) is -0.917. The minimum absolute atomic E-state index is 0.0200. The Morgan fingerprint density at radius 2 is 1.85 bits per heavy atom. The molecule has 0 amide bonds. The minimum atomic E-state index is -4.64. The third-order valence-corrected chi connectivity index (χ3v) is 6.49. The number of phenolic OH excluding ortho intramolecular Hbond substituents is 1. The van der Waals surface area contributed by atoms with Gasteiger partial charge in [0.1, 0.15) is 10.1 Å². The van der Waals surface area contributed by atoms with Crippen LogP contribution >= 0.6 is 22.6 Å². The van der Waals surface area contributed by atoms with Gasteiger partial charge in [-0.25, -0.2) is 13.2 Å². The van der Waals surface area contributed by atoms with Crippen molar-refractivity contribution in [1.29, 1.82) is 0 Å². The van der Waals surface area contributed by atoms with Crippen molar-refractivity contribution in [3.63, 3.8) is 0 Å². The van der Waals surface area contributed by atoms with E-state index in [-0.39, 0.29) is 27.9 Å². The fraction of sp³-hybridized carbons (Fsp3) is 0.316. The Balaban J connectivity index is 1.96. The Hall–Kier alpha value is -1.65. The third-order valence-electron chi connectivity index (χ3n) is 4.71. The van der Waals surface area contributed by atoms with Crippen LogP contribution in [0.3, 0.4) is 0 Å². The second kappa shape index (κ2) is 8.15. The molecule has 0 radical (unpaired) electrons. The van der Waals surface area contributed by atoms with E-state index >= 15 is 0 Å². The summed E-state index contributed by atoms with van der Waals surface area (Å²) in [6.45, 7) is 0. The molecule has 1 saturated carbocycles. The standard InChI is InChI=1S/C19H19IO6S/c20-15-7-4-8-16(18(15)21)26-19(22)13-9-10-17(27(23,24)25)14(11-13)12-5-2-1-3-6-12/h4,7-12,21H,1-3,5-6H2,(H,23,24,25)/p-1. The molecule has 0 aromatic heterocycles. The smallest absolute Gasteiger partial charge is 0.343 e. The Morgan fingerprint density at radius 1 is 1.15 bits per heavy atom. The molecule has 1 N–H and O–H groups in total. The number of esters is 1. The van der Waals surface area contributed by atoms with Gasteiger partial charge in [-0.3, -0.25) is 0 Å². The van der Waals surface area contributed by atoms with Crippen molar-refractivity contribution in [1.82, 2.24) is 0 Å². The molecule has 144 valence electrons. The zero-order valence-electron chi connectivity index (χ0n) is 14.4. The van der Waals surface area contributed by atoms with Crippen molar-refractivity contribution in [2.45, 2.75) is 42.9 Å². The molecule has 1 fully saturated rings. The van der Waals surface area contributed by atoms with Crippen LogP contribution < -0.4 is 4.74 Å². The first-order valence-corrected chi connectivity index (χ1v) is 11.1. The lowest BCUT2D eigenvalue weighted by Gasteiger charge is -2.25. The van der Waals surface area contributed by atoms with Crippen LogP contribution in [-0.4, -0.2) is 24.0 Å². The number of benzene rings is 2. The maximum absolute atomic E-state index is 12.5. The van der Waals surface area contributed by atoms with Crippen molar-refractivity contribution >= 4 is 38.7 Å². The van der Waals surface area contributed by atoms with Crippen LogP contribution in [0.2, 0.25) is 0 Å². The van der Waals surface area contributed by atoms with E-state index in [1.165, 1.54) is 24.3 Å². The lowest BCUT2D eigenvalue weighted by Crippen LogP contribution is -2.14. The van der Waals surface area contributed by atoms with E-state index in [1.807, 2.05) is 22.6 Å². The van der Waals surface area contributed by atoms with Crippen LogP contribution in [0.25, 0.3) is 0 Å². The van der Waals surface area contributed by atoms with Gasteiger partial charge in [0, 0.05) is 0 Å². The molecule has 8 heteroatoms. The quantitative estimate of drug-likeness (QED) is 0.292. The van der Waals surface area contributed by atoms with Crippen molar-refractivity contribution < 1.29 is 27.6 Å². The molecule has 2 aromatic rings. The number of ether oxygens (including phenoxy) is 1. The summed E-state index contributed by atoms with van der Waals surface area (Å²) < 4.78 is 40.7. The summed E-state index contributed by atoms with van der Waals surface area (Å²) >= 11 is 1.92. The molecule has 0 aliphatic heterocycles. The zero-order valence-corrected chi connectivity index (χ0v) is 17.3. The summed E-state index contributed by atoms with van der Waals surface area (Å²) in [4.78, 5) is 12.2. The van der Waals surface area contributed by atoms with Gasteiger partial charge in [0.25, 0.3) is 0 Å². The number of aromatic hydroxyl groups is 1. The van der Waals surface area contributed by atoms with Crippen LogP contribution in [0.4, 0.5) is 0 Å². The lowest BCUT2D eigenvalue weighted by molar-refractivity contribution is 0.0729. The monoisotopic (exact) mass is 501 g/mol. The molecule has 0 unspecified atom stereocenters. The number of carbonyl (C=O) groups is 1. The minimum Gasteiger partial charge on any atom is -0.744 e. The fourth-order valence-corrected chi connectivity index (χ4v) is 4.59. The summed E-state index contributed by atoms with van der Waals surface area (Å²) in [6.07, 6.45) is 4.53. The average molecular weight is 501 g/mol. The SMILES string of the molecule is O=C(Oc1cccc(I)c1O)c1ccc(S(=O)(=O)[O-])c(C2CCCCC2)c1. The van der Waals surface area contributed by atoms with E-state index in [2.05, 4.69) is 0 Å². The van der Waals surface area contributed by atoms with E-state index in [9.17, 15) is 22.9 Å². The van der Waals surface area contributed by atoms with Gasteiger partial charge in [-0.2, -0.15) is 0 Å². The summed E-state index contributed by atoms with van der Waals surface area (Å²) in [5.41, 5.74) is 0.521. The molecular formula is C19H18IO6S-. The Morgan fingerprint density at radius 3 is 2.52 bits per heavy atom. The van der Waals surface area contributed by atoms with Gasteiger partial charge in [-0.15, -0.1) is 0 Å². The second-order valence-electron chi connectivity index (χ2n) is 6.52. The first-order valence-electron chi connectivity index (χ1n) is 8.57. The summed E-state index contributed by atoms with van der Waals surface area (Å²) in [6, 6.07) is 8.66. The first kappa shape index (κ1) is 20.1. The van der Waals surface area contributed by atoms with Gasteiger partial charge < -0.3 is 14.4 Å². The highest BCUT2D eigenvalue weighted by molar-refractivity contribution is 14.1. The number of para-hydroxylation sites is 1. The predicted molar refractivity (Wildman–Crippen MR) is 106 cm³/mol. The number of hydrogen-bond donors (Lipinski definition) is 1. The molecule has 0 heterocycles. The topological polar surface area (TPSA) is 104 Å². The normalized spacial score (nSPS) is 15.5. The molecule has 1 aliphatic rings. The Kier molecular flexibility index (Phi) is 6.07. The van der Waals surface area contributed by atoms with Crippen molar-refractivity contribution in [2.75, 3.05) is 0 Å². The van der Waals surface area contributed by atoms with Gasteiger partial charge in [0.15, 0.2) is 11.5 Å². The number of rotatable bonds is 4. The summed E-state index contributed by atoms with van der Waals surface area (Å²) in [5, 5.41) is 10.00.